The summed E-state index contributed by atoms with van der Waals surface area (Å²) >= 11 is 1.78. The lowest BCUT2D eigenvalue weighted by Crippen LogP contribution is -2.23. The zero-order valence-electron chi connectivity index (χ0n) is 79.4. The van der Waals surface area contributed by atoms with Crippen LogP contribution in [0, 0.1) is 34.6 Å². The standard InChI is InChI=1S/C25H21NO2.C24H19NO4S.C24H19NO3S.C24H19NO3.C24H19NO2S/c1-16-12-13-22(24-18(16)9-6-14-27-24)26-21-10-4-2-7-17(21)15-20-19-8-3-5-11-23(19)28-25(20)26;1-15-12-13-19(22-16(15)8-6-14-28-22)25-18-9-3-5-11-21(18)30(26,27)23-17-7-2-4-10-20(17)29-24(23)25;1-15-12-13-19(22-16(15)8-6-14-27-22)25-18-9-3-5-11-21(18)29(26)23-17-7-2-4-10-20(17)28-24(23)25;1-15-12-13-19(22-16(15)8-6-14-26-22)25-18-9-3-5-11-21(18)27-23-17-7-2-4-10-20(17)28-24(23)25;1-15-12-13-19(22-16(15)8-6-14-26-22)25-18-9-3-5-11-21(18)28-23-17-7-2-4-10-20(17)27-24(23)25/h2-5,7-8,10-13H,6,9,14-15H2,1H3;2-5,7,9-13H,6,8,14H2,1H3;2-5,7,9-13H,6,8,14H2,1H3;2*2-5,7,9-13H,6,8,14H2,1H3. The molecular weight excluding hydrogens is 1840 g/mol. The van der Waals surface area contributed by atoms with Crippen molar-refractivity contribution < 1.29 is 63.1 Å². The lowest BCUT2D eigenvalue weighted by atomic mass is 9.95. The number of para-hydroxylation sites is 11. The van der Waals surface area contributed by atoms with Crippen molar-refractivity contribution in [2.45, 2.75) is 135 Å². The van der Waals surface area contributed by atoms with Crippen LogP contribution in [0.3, 0.4) is 0 Å². The largest absolute Gasteiger partial charge is 0.491 e. The molecule has 20 aromatic rings. The van der Waals surface area contributed by atoms with Crippen LogP contribution in [-0.4, -0.2) is 45.7 Å². The molecule has 15 aromatic carbocycles. The molecule has 10 aliphatic heterocycles. The number of fused-ring (bicyclic) bond motifs is 25. The van der Waals surface area contributed by atoms with Crippen LogP contribution >= 0.6 is 11.8 Å². The second-order valence-corrected chi connectivity index (χ2v) is 41.7. The first-order valence-corrected chi connectivity index (χ1v) is 52.5. The van der Waals surface area contributed by atoms with Crippen molar-refractivity contribution in [3.8, 4) is 40.2 Å². The van der Waals surface area contributed by atoms with Crippen LogP contribution in [0.25, 0.3) is 54.8 Å². The van der Waals surface area contributed by atoms with Gasteiger partial charge in [-0.25, -0.2) is 12.6 Å². The molecule has 5 aromatic heterocycles. The van der Waals surface area contributed by atoms with Crippen molar-refractivity contribution in [3.05, 3.63) is 370 Å². The van der Waals surface area contributed by atoms with Crippen LogP contribution in [0.5, 0.6) is 40.2 Å². The molecule has 1 atom stereocenters. The maximum atomic E-state index is 13.6. The van der Waals surface area contributed by atoms with Gasteiger partial charge in [-0.2, -0.15) is 0 Å². The minimum absolute atomic E-state index is 0.210. The van der Waals surface area contributed by atoms with Gasteiger partial charge in [0.1, 0.15) is 66.5 Å². The van der Waals surface area contributed by atoms with Gasteiger partial charge >= 0.3 is 0 Å². The van der Waals surface area contributed by atoms with Crippen LogP contribution < -0.4 is 52.9 Å². The van der Waals surface area contributed by atoms with E-state index in [9.17, 15) is 12.6 Å². The fraction of sp³-hybridized carbons (Fsp3) is 0.174. The van der Waals surface area contributed by atoms with E-state index in [4.69, 9.17) is 50.5 Å². The summed E-state index contributed by atoms with van der Waals surface area (Å²) in [6, 6.07) is 101. The minimum Gasteiger partial charge on any atom is -0.491 e. The summed E-state index contributed by atoms with van der Waals surface area (Å²) in [7, 11) is -5.04. The summed E-state index contributed by atoms with van der Waals surface area (Å²) in [5.74, 6) is 9.66. The normalized spacial score (nSPS) is 15.7. The maximum Gasteiger partial charge on any atom is 0.249 e. The second-order valence-electron chi connectivity index (χ2n) is 37.4. The van der Waals surface area contributed by atoms with Gasteiger partial charge < -0.3 is 50.5 Å². The number of aryl methyl sites for hydroxylation is 5. The third-order valence-corrected chi connectivity index (χ3v) is 33.4. The van der Waals surface area contributed by atoms with Crippen molar-refractivity contribution >= 4 is 174 Å². The van der Waals surface area contributed by atoms with E-state index >= 15 is 0 Å². The zero-order chi connectivity index (χ0) is 96.0. The first-order valence-electron chi connectivity index (χ1n) is 49.0. The van der Waals surface area contributed by atoms with Crippen LogP contribution in [0.1, 0.15) is 98.9 Å². The van der Waals surface area contributed by atoms with Gasteiger partial charge in [0.15, 0.2) is 11.5 Å². The van der Waals surface area contributed by atoms with Crippen molar-refractivity contribution in [2.75, 3.05) is 57.5 Å². The van der Waals surface area contributed by atoms with E-state index < -0.39 is 20.6 Å². The summed E-state index contributed by atoms with van der Waals surface area (Å²) < 4.78 is 109. The van der Waals surface area contributed by atoms with Gasteiger partial charge in [0.25, 0.3) is 0 Å². The summed E-state index contributed by atoms with van der Waals surface area (Å²) in [5.41, 5.74) is 28.7. The zero-order valence-corrected chi connectivity index (χ0v) is 81.8. The molecule has 22 heteroatoms. The highest BCUT2D eigenvalue weighted by atomic mass is 32.2. The van der Waals surface area contributed by atoms with E-state index in [1.54, 1.807) is 36.0 Å². The average molecular weight is 1940 g/mol. The van der Waals surface area contributed by atoms with Crippen molar-refractivity contribution in [1.82, 2.24) is 0 Å². The Labute approximate surface area is 833 Å². The molecule has 143 heavy (non-hydrogen) atoms. The van der Waals surface area contributed by atoms with Gasteiger partial charge in [-0.15, -0.1) is 0 Å². The molecule has 0 radical (unpaired) electrons. The number of sulfone groups is 1. The Bertz CT molecular complexity index is 8280. The number of benzene rings is 15. The van der Waals surface area contributed by atoms with E-state index in [1.165, 1.54) is 87.6 Å². The maximum absolute atomic E-state index is 13.6. The molecule has 0 amide bonds. The van der Waals surface area contributed by atoms with Crippen LogP contribution in [-0.2, 0) is 59.2 Å². The Morgan fingerprint density at radius 2 is 0.650 bits per heavy atom. The number of hydrogen-bond donors (Lipinski definition) is 0. The average Bonchev–Trinajstić information content (AvgIpc) is 1.56. The highest BCUT2D eigenvalue weighted by Gasteiger charge is 2.45. The Kier molecular flexibility index (Phi) is 21.7. The molecule has 0 bridgehead atoms. The van der Waals surface area contributed by atoms with E-state index in [1.807, 2.05) is 144 Å². The van der Waals surface area contributed by atoms with Crippen molar-refractivity contribution in [1.29, 1.82) is 0 Å². The fourth-order valence-electron chi connectivity index (χ4n) is 22.0. The topological polar surface area (TPSA) is 188 Å². The molecule has 0 N–H and O–H groups in total. The van der Waals surface area contributed by atoms with Gasteiger partial charge in [0.05, 0.1) is 121 Å². The third kappa shape index (κ3) is 14.5. The highest BCUT2D eigenvalue weighted by molar-refractivity contribution is 8.00. The van der Waals surface area contributed by atoms with Gasteiger partial charge in [0, 0.05) is 38.4 Å². The molecule has 0 spiro atoms. The van der Waals surface area contributed by atoms with E-state index in [0.29, 0.717) is 47.5 Å². The Balaban J connectivity index is 0.0000000914. The number of ether oxygens (including phenoxy) is 6. The lowest BCUT2D eigenvalue weighted by molar-refractivity contribution is 0.288. The quantitative estimate of drug-likeness (QED) is 0.158. The monoisotopic (exact) mass is 1940 g/mol. The van der Waals surface area contributed by atoms with Crippen molar-refractivity contribution in [3.63, 3.8) is 0 Å². The molecular formula is C121H97N5O14S3. The lowest BCUT2D eigenvalue weighted by Gasteiger charge is -2.33. The van der Waals surface area contributed by atoms with Gasteiger partial charge in [-0.1, -0.05) is 176 Å². The molecule has 708 valence electrons. The van der Waals surface area contributed by atoms with Gasteiger partial charge in [0.2, 0.25) is 39.3 Å². The number of rotatable bonds is 5. The summed E-state index contributed by atoms with van der Waals surface area (Å²) in [4.78, 5) is 15.0. The molecule has 0 fully saturated rings. The Morgan fingerprint density at radius 3 is 1.20 bits per heavy atom. The molecule has 1 unspecified atom stereocenters. The highest BCUT2D eigenvalue weighted by Crippen LogP contribution is 2.63. The van der Waals surface area contributed by atoms with Gasteiger partial charge in [-0.3, -0.25) is 24.5 Å². The second kappa shape index (κ2) is 35.5. The molecule has 0 saturated carbocycles. The Morgan fingerprint density at radius 1 is 0.287 bits per heavy atom. The number of nitrogens with zero attached hydrogens (tertiary/aromatic N) is 5. The molecule has 0 aliphatic carbocycles. The predicted octanol–water partition coefficient (Wildman–Crippen LogP) is 31.8. The molecule has 10 aliphatic rings. The van der Waals surface area contributed by atoms with Crippen LogP contribution in [0.2, 0.25) is 0 Å². The fourth-order valence-corrected chi connectivity index (χ4v) is 26.3. The molecule has 15 heterocycles. The summed E-state index contributed by atoms with van der Waals surface area (Å²) in [6.45, 7) is 14.3. The van der Waals surface area contributed by atoms with Crippen molar-refractivity contribution in [2.24, 2.45) is 0 Å². The number of furan rings is 5. The molecule has 30 rings (SSSR count). The minimum atomic E-state index is -3.73. The van der Waals surface area contributed by atoms with E-state index in [0.717, 1.165) is 236 Å². The number of hydrogen-bond acceptors (Lipinski definition) is 20. The predicted molar refractivity (Wildman–Crippen MR) is 564 cm³/mol. The first-order chi connectivity index (χ1) is 70.2. The number of anilines is 15. The summed E-state index contributed by atoms with van der Waals surface area (Å²) in [5, 5.41) is 4.80. The molecule has 0 saturated heterocycles. The SMILES string of the molecule is Cc1ccc(N2c3ccccc3Cc3c2oc2ccccc32)c2c1CCCO2.Cc1ccc(N2c3ccccc3Oc3c2oc2ccccc32)c2c1CCCO2.Cc1ccc(N2c3ccccc3S(=O)(=O)c3c2oc2ccccc32)c2c1CCCO2.Cc1ccc(N2c3ccccc3S(=O)c3c2oc2ccccc32)c2c1CCCO2.Cc1ccc(N2c3ccccc3Sc3c2oc2ccccc32)c2c1CCCO2. The molecule has 19 nitrogen and oxygen atoms in total. The van der Waals surface area contributed by atoms with E-state index in [-0.39, 0.29) is 9.79 Å². The van der Waals surface area contributed by atoms with Crippen LogP contribution in [0.15, 0.2) is 355 Å². The third-order valence-electron chi connectivity index (χ3n) is 28.9. The summed E-state index contributed by atoms with van der Waals surface area (Å²) in [6.07, 6.45) is 11.2. The van der Waals surface area contributed by atoms with Gasteiger partial charge in [-0.05, 0) is 300 Å². The van der Waals surface area contributed by atoms with E-state index in [2.05, 4.69) is 194 Å². The first kappa shape index (κ1) is 87.5. The Hall–Kier alpha value is -15.8. The smallest absolute Gasteiger partial charge is 0.249 e. The van der Waals surface area contributed by atoms with Crippen LogP contribution in [0.4, 0.5) is 86.3 Å².